The van der Waals surface area contributed by atoms with Crippen LogP contribution in [0, 0.1) is 0 Å². The molecule has 0 aliphatic rings. The van der Waals surface area contributed by atoms with Crippen LogP contribution in [0.1, 0.15) is 0 Å². The fraction of sp³-hybridized carbons (Fsp3) is 0. The van der Waals surface area contributed by atoms with E-state index in [0.717, 1.165) is 27.8 Å². The molecule has 4 aromatic rings. The van der Waals surface area contributed by atoms with E-state index in [2.05, 4.69) is 23.2 Å². The van der Waals surface area contributed by atoms with Crippen molar-refractivity contribution < 1.29 is 0 Å². The van der Waals surface area contributed by atoms with Gasteiger partial charge in [0.2, 0.25) is 0 Å². The molecule has 0 bridgehead atoms. The van der Waals surface area contributed by atoms with Crippen LogP contribution in [0.4, 0.5) is 5.82 Å². The highest BCUT2D eigenvalue weighted by Crippen LogP contribution is 2.26. The molecule has 0 radical (unpaired) electrons. The van der Waals surface area contributed by atoms with Crippen molar-refractivity contribution in [3.8, 4) is 11.1 Å². The average molecular weight is 259 g/mol. The van der Waals surface area contributed by atoms with Crippen LogP contribution in [0.15, 0.2) is 66.7 Å². The average Bonchev–Trinajstić information content (AvgIpc) is 2.87. The summed E-state index contributed by atoms with van der Waals surface area (Å²) in [6, 6.07) is 22.3. The zero-order valence-corrected chi connectivity index (χ0v) is 10.8. The van der Waals surface area contributed by atoms with Crippen molar-refractivity contribution in [2.45, 2.75) is 0 Å². The SMILES string of the molecule is Nc1cc(-c2ccccc2)cc2nc3ccccc3n12. The highest BCUT2D eigenvalue weighted by molar-refractivity contribution is 5.84. The van der Waals surface area contributed by atoms with E-state index in [1.807, 2.05) is 52.9 Å². The summed E-state index contributed by atoms with van der Waals surface area (Å²) < 4.78 is 1.99. The molecule has 2 heterocycles. The van der Waals surface area contributed by atoms with Crippen LogP contribution in [0.5, 0.6) is 0 Å². The minimum absolute atomic E-state index is 0.704. The Morgan fingerprint density at radius 1 is 0.800 bits per heavy atom. The third kappa shape index (κ3) is 1.57. The number of nitrogen functional groups attached to an aromatic ring is 1. The Balaban J connectivity index is 2.06. The number of nitrogens with zero attached hydrogens (tertiary/aromatic N) is 2. The summed E-state index contributed by atoms with van der Waals surface area (Å²) >= 11 is 0. The fourth-order valence-electron chi connectivity index (χ4n) is 2.61. The quantitative estimate of drug-likeness (QED) is 0.566. The van der Waals surface area contributed by atoms with Gasteiger partial charge in [-0.05, 0) is 35.4 Å². The van der Waals surface area contributed by atoms with Gasteiger partial charge < -0.3 is 5.73 Å². The van der Waals surface area contributed by atoms with Crippen LogP contribution in [0.25, 0.3) is 27.8 Å². The minimum Gasteiger partial charge on any atom is -0.385 e. The zero-order chi connectivity index (χ0) is 13.5. The molecule has 3 nitrogen and oxygen atoms in total. The van der Waals surface area contributed by atoms with E-state index in [9.17, 15) is 0 Å². The van der Waals surface area contributed by atoms with Crippen LogP contribution in [-0.2, 0) is 0 Å². The molecule has 2 N–H and O–H groups in total. The minimum atomic E-state index is 0.704. The Bertz CT molecular complexity index is 907. The molecule has 20 heavy (non-hydrogen) atoms. The molecule has 0 amide bonds. The standard InChI is InChI=1S/C17H13N3/c18-16-10-13(12-6-2-1-3-7-12)11-17-19-14-8-4-5-9-15(14)20(16)17/h1-11H,18H2. The molecule has 96 valence electrons. The second-order valence-electron chi connectivity index (χ2n) is 4.83. The van der Waals surface area contributed by atoms with Crippen molar-refractivity contribution >= 4 is 22.5 Å². The normalized spacial score (nSPS) is 11.2. The first-order chi connectivity index (χ1) is 9.83. The molecule has 0 atom stereocenters. The van der Waals surface area contributed by atoms with E-state index in [-0.39, 0.29) is 0 Å². The predicted octanol–water partition coefficient (Wildman–Crippen LogP) is 3.74. The maximum atomic E-state index is 6.23. The van der Waals surface area contributed by atoms with E-state index in [0.29, 0.717) is 5.82 Å². The molecular formula is C17H13N3. The first-order valence-electron chi connectivity index (χ1n) is 6.55. The second-order valence-corrected chi connectivity index (χ2v) is 4.83. The van der Waals surface area contributed by atoms with Crippen molar-refractivity contribution in [1.29, 1.82) is 0 Å². The van der Waals surface area contributed by atoms with Gasteiger partial charge in [-0.1, -0.05) is 42.5 Å². The summed E-state index contributed by atoms with van der Waals surface area (Å²) in [6.45, 7) is 0. The highest BCUT2D eigenvalue weighted by atomic mass is 15.1. The number of hydrogen-bond donors (Lipinski definition) is 1. The smallest absolute Gasteiger partial charge is 0.140 e. The van der Waals surface area contributed by atoms with E-state index in [4.69, 9.17) is 5.73 Å². The van der Waals surface area contributed by atoms with Gasteiger partial charge in [0.15, 0.2) is 0 Å². The number of benzene rings is 2. The number of pyridine rings is 1. The van der Waals surface area contributed by atoms with E-state index < -0.39 is 0 Å². The van der Waals surface area contributed by atoms with Crippen molar-refractivity contribution in [3.05, 3.63) is 66.7 Å². The van der Waals surface area contributed by atoms with Gasteiger partial charge in [-0.3, -0.25) is 4.40 Å². The van der Waals surface area contributed by atoms with Gasteiger partial charge in [-0.25, -0.2) is 4.98 Å². The summed E-state index contributed by atoms with van der Waals surface area (Å²) in [5, 5.41) is 0. The lowest BCUT2D eigenvalue weighted by Crippen LogP contribution is -1.97. The van der Waals surface area contributed by atoms with Gasteiger partial charge in [-0.15, -0.1) is 0 Å². The second kappa shape index (κ2) is 4.10. The molecule has 2 aromatic carbocycles. The lowest BCUT2D eigenvalue weighted by molar-refractivity contribution is 1.24. The van der Waals surface area contributed by atoms with E-state index in [1.165, 1.54) is 0 Å². The zero-order valence-electron chi connectivity index (χ0n) is 10.8. The number of rotatable bonds is 1. The van der Waals surface area contributed by atoms with Gasteiger partial charge in [-0.2, -0.15) is 0 Å². The van der Waals surface area contributed by atoms with Crippen LogP contribution < -0.4 is 5.73 Å². The van der Waals surface area contributed by atoms with Crippen molar-refractivity contribution in [2.24, 2.45) is 0 Å². The maximum absolute atomic E-state index is 6.23. The van der Waals surface area contributed by atoms with Gasteiger partial charge in [0.25, 0.3) is 0 Å². The molecule has 3 heteroatoms. The molecule has 0 saturated heterocycles. The number of anilines is 1. The first kappa shape index (κ1) is 11.1. The predicted molar refractivity (Wildman–Crippen MR) is 82.5 cm³/mol. The number of aromatic nitrogens is 2. The third-order valence-electron chi connectivity index (χ3n) is 3.54. The molecule has 0 aliphatic carbocycles. The summed E-state index contributed by atoms with van der Waals surface area (Å²) in [5.41, 5.74) is 11.3. The molecule has 0 aliphatic heterocycles. The van der Waals surface area contributed by atoms with Gasteiger partial charge in [0.05, 0.1) is 11.0 Å². The Morgan fingerprint density at radius 3 is 2.40 bits per heavy atom. The number of fused-ring (bicyclic) bond motifs is 3. The van der Waals surface area contributed by atoms with E-state index in [1.54, 1.807) is 0 Å². The maximum Gasteiger partial charge on any atom is 0.140 e. The molecule has 0 fully saturated rings. The molecule has 0 saturated carbocycles. The largest absolute Gasteiger partial charge is 0.385 e. The molecular weight excluding hydrogens is 246 g/mol. The number of nitrogens with two attached hydrogens (primary N) is 1. The summed E-state index contributed by atoms with van der Waals surface area (Å²) in [7, 11) is 0. The third-order valence-corrected chi connectivity index (χ3v) is 3.54. The molecule has 4 rings (SSSR count). The Hall–Kier alpha value is -2.81. The number of hydrogen-bond acceptors (Lipinski definition) is 2. The molecule has 2 aromatic heterocycles. The monoisotopic (exact) mass is 259 g/mol. The number of para-hydroxylation sites is 2. The first-order valence-corrected chi connectivity index (χ1v) is 6.55. The Labute approximate surface area is 116 Å². The summed E-state index contributed by atoms with van der Waals surface area (Å²) in [5.74, 6) is 0.704. The van der Waals surface area contributed by atoms with Crippen LogP contribution >= 0.6 is 0 Å². The molecule has 0 unspecified atom stereocenters. The van der Waals surface area contributed by atoms with Crippen molar-refractivity contribution in [1.82, 2.24) is 9.38 Å². The van der Waals surface area contributed by atoms with Crippen molar-refractivity contribution in [3.63, 3.8) is 0 Å². The van der Waals surface area contributed by atoms with Gasteiger partial charge >= 0.3 is 0 Å². The van der Waals surface area contributed by atoms with E-state index >= 15 is 0 Å². The lowest BCUT2D eigenvalue weighted by Gasteiger charge is -2.06. The molecule has 0 spiro atoms. The van der Waals surface area contributed by atoms with Crippen LogP contribution in [-0.4, -0.2) is 9.38 Å². The Kier molecular flexibility index (Phi) is 2.27. The summed E-state index contributed by atoms with van der Waals surface area (Å²) in [6.07, 6.45) is 0. The van der Waals surface area contributed by atoms with Gasteiger partial charge in [0, 0.05) is 0 Å². The Morgan fingerprint density at radius 2 is 1.55 bits per heavy atom. The van der Waals surface area contributed by atoms with Gasteiger partial charge in [0.1, 0.15) is 11.5 Å². The highest BCUT2D eigenvalue weighted by Gasteiger charge is 2.08. The fourth-order valence-corrected chi connectivity index (χ4v) is 2.61. The van der Waals surface area contributed by atoms with Crippen LogP contribution in [0.2, 0.25) is 0 Å². The van der Waals surface area contributed by atoms with Crippen LogP contribution in [0.3, 0.4) is 0 Å². The summed E-state index contributed by atoms with van der Waals surface area (Å²) in [4.78, 5) is 4.65. The topological polar surface area (TPSA) is 43.3 Å². The lowest BCUT2D eigenvalue weighted by atomic mass is 10.1. The van der Waals surface area contributed by atoms with Crippen molar-refractivity contribution in [2.75, 3.05) is 5.73 Å². The number of imidazole rings is 1.